The van der Waals surface area contributed by atoms with Gasteiger partial charge in [-0.3, -0.25) is 0 Å². The van der Waals surface area contributed by atoms with E-state index in [1.165, 1.54) is 37.8 Å². The van der Waals surface area contributed by atoms with Crippen LogP contribution in [-0.2, 0) is 6.42 Å². The molecule has 1 rings (SSSR count). The summed E-state index contributed by atoms with van der Waals surface area (Å²) >= 11 is 0. The van der Waals surface area contributed by atoms with E-state index in [2.05, 4.69) is 51.5 Å². The predicted octanol–water partition coefficient (Wildman–Crippen LogP) is 0.110. The number of rotatable bonds is 6. The summed E-state index contributed by atoms with van der Waals surface area (Å²) in [6, 6.07) is 10.8. The minimum Gasteiger partial charge on any atom is -1.00 e. The topological polar surface area (TPSA) is 0 Å². The lowest BCUT2D eigenvalue weighted by atomic mass is 10.1. The van der Waals surface area contributed by atoms with E-state index in [1.807, 2.05) is 0 Å². The molecule has 0 unspecified atom stereocenters. The van der Waals surface area contributed by atoms with Crippen molar-refractivity contribution in [2.24, 2.45) is 0 Å². The monoisotopic (exact) mass is 333 g/mol. The second-order valence-electron chi connectivity index (χ2n) is 5.31. The Morgan fingerprint density at radius 1 is 0.875 bits per heavy atom. The molecule has 0 atom stereocenters. The summed E-state index contributed by atoms with van der Waals surface area (Å²) in [5.41, 5.74) is 1.47. The Morgan fingerprint density at radius 2 is 1.50 bits per heavy atom. The van der Waals surface area contributed by atoms with Crippen LogP contribution in [0.2, 0.25) is 0 Å². The van der Waals surface area contributed by atoms with Gasteiger partial charge in [0.1, 0.15) is 0 Å². The van der Waals surface area contributed by atoms with Gasteiger partial charge in [0.25, 0.3) is 0 Å². The van der Waals surface area contributed by atoms with E-state index in [-0.39, 0.29) is 24.0 Å². The molecule has 2 heteroatoms. The second-order valence-corrected chi connectivity index (χ2v) is 5.31. The molecule has 0 heterocycles. The molecule has 0 bridgehead atoms. The first kappa shape index (κ1) is 15.9. The minimum absolute atomic E-state index is 0. The molecule has 0 aliphatic carbocycles. The van der Waals surface area contributed by atoms with Crippen LogP contribution in [0.25, 0.3) is 0 Å². The van der Waals surface area contributed by atoms with Gasteiger partial charge in [-0.2, -0.15) is 0 Å². The first-order valence-electron chi connectivity index (χ1n) is 5.92. The van der Waals surface area contributed by atoms with Crippen molar-refractivity contribution in [3.8, 4) is 0 Å². The summed E-state index contributed by atoms with van der Waals surface area (Å²) in [4.78, 5) is 0. The molecule has 0 saturated carbocycles. The Bertz CT molecular complexity index is 264. The third kappa shape index (κ3) is 8.11. The summed E-state index contributed by atoms with van der Waals surface area (Å²) in [5, 5.41) is 0. The summed E-state index contributed by atoms with van der Waals surface area (Å²) in [5.74, 6) is 0. The third-order valence-electron chi connectivity index (χ3n) is 2.64. The van der Waals surface area contributed by atoms with Crippen molar-refractivity contribution in [2.45, 2.75) is 25.7 Å². The normalized spacial score (nSPS) is 10.9. The van der Waals surface area contributed by atoms with Crippen molar-refractivity contribution >= 4 is 0 Å². The van der Waals surface area contributed by atoms with E-state index in [0.29, 0.717) is 0 Å². The maximum absolute atomic E-state index is 2.26. The lowest BCUT2D eigenvalue weighted by molar-refractivity contribution is -0.870. The number of halogens is 1. The first-order valence-corrected chi connectivity index (χ1v) is 5.92. The molecule has 0 aliphatic rings. The maximum atomic E-state index is 2.26. The van der Waals surface area contributed by atoms with Gasteiger partial charge in [0.2, 0.25) is 0 Å². The minimum atomic E-state index is 0. The van der Waals surface area contributed by atoms with Crippen molar-refractivity contribution in [2.75, 3.05) is 27.7 Å². The Hall–Kier alpha value is -0.0900. The molecule has 0 saturated heterocycles. The first-order chi connectivity index (χ1) is 7.08. The molecule has 1 nitrogen and oxygen atoms in total. The fourth-order valence-corrected chi connectivity index (χ4v) is 1.74. The van der Waals surface area contributed by atoms with Gasteiger partial charge in [0, 0.05) is 0 Å². The molecule has 0 fully saturated rings. The summed E-state index contributed by atoms with van der Waals surface area (Å²) in [6.07, 6.45) is 5.25. The number of quaternary nitrogens is 1. The van der Waals surface area contributed by atoms with Crippen LogP contribution in [0.5, 0.6) is 0 Å². The highest BCUT2D eigenvalue weighted by molar-refractivity contribution is 5.14. The third-order valence-corrected chi connectivity index (χ3v) is 2.64. The highest BCUT2D eigenvalue weighted by atomic mass is 127. The average Bonchev–Trinajstić information content (AvgIpc) is 2.17. The lowest BCUT2D eigenvalue weighted by Gasteiger charge is -2.23. The van der Waals surface area contributed by atoms with Crippen molar-refractivity contribution < 1.29 is 28.5 Å². The fraction of sp³-hybridized carbons (Fsp3) is 0.571. The number of unbranched alkanes of at least 4 members (excludes halogenated alkanes) is 2. The van der Waals surface area contributed by atoms with Crippen LogP contribution < -0.4 is 24.0 Å². The van der Waals surface area contributed by atoms with Crippen LogP contribution in [-0.4, -0.2) is 32.2 Å². The maximum Gasteiger partial charge on any atom is 0.0780 e. The molecule has 0 N–H and O–H groups in total. The SMILES string of the molecule is C[N+](C)(C)CCCCCc1ccccc1.[I-]. The quantitative estimate of drug-likeness (QED) is 0.394. The molecule has 0 aliphatic heterocycles. The van der Waals surface area contributed by atoms with Gasteiger partial charge in [-0.15, -0.1) is 0 Å². The van der Waals surface area contributed by atoms with Crippen molar-refractivity contribution in [3.05, 3.63) is 35.9 Å². The smallest absolute Gasteiger partial charge is 0.0780 e. The van der Waals surface area contributed by atoms with Gasteiger partial charge >= 0.3 is 0 Å². The van der Waals surface area contributed by atoms with Gasteiger partial charge in [-0.1, -0.05) is 30.3 Å². The molecule has 0 spiro atoms. The van der Waals surface area contributed by atoms with Crippen LogP contribution in [0.15, 0.2) is 30.3 Å². The number of nitrogens with zero attached hydrogens (tertiary/aromatic N) is 1. The van der Waals surface area contributed by atoms with Crippen molar-refractivity contribution in [1.29, 1.82) is 0 Å². The molecule has 0 radical (unpaired) electrons. The van der Waals surface area contributed by atoms with Crippen LogP contribution in [0, 0.1) is 0 Å². The molecule has 0 amide bonds. The predicted molar refractivity (Wildman–Crippen MR) is 66.9 cm³/mol. The Morgan fingerprint density at radius 3 is 2.06 bits per heavy atom. The van der Waals surface area contributed by atoms with E-state index in [0.717, 1.165) is 4.48 Å². The summed E-state index contributed by atoms with van der Waals surface area (Å²) in [6.45, 7) is 1.29. The second kappa shape index (κ2) is 8.07. The molecule has 16 heavy (non-hydrogen) atoms. The largest absolute Gasteiger partial charge is 1.00 e. The number of benzene rings is 1. The Balaban J connectivity index is 0.00000225. The lowest BCUT2D eigenvalue weighted by Crippen LogP contribution is -3.00. The summed E-state index contributed by atoms with van der Waals surface area (Å²) < 4.78 is 1.09. The molecule has 1 aromatic rings. The highest BCUT2D eigenvalue weighted by Crippen LogP contribution is 2.07. The van der Waals surface area contributed by atoms with Crippen LogP contribution >= 0.6 is 0 Å². The molecule has 1 aromatic carbocycles. The van der Waals surface area contributed by atoms with Gasteiger partial charge in [0.05, 0.1) is 27.7 Å². The van der Waals surface area contributed by atoms with E-state index < -0.39 is 0 Å². The van der Waals surface area contributed by atoms with Crippen LogP contribution in [0.1, 0.15) is 24.8 Å². The standard InChI is InChI=1S/C14H24N.HI/c1-15(2,3)13-9-5-8-12-14-10-6-4-7-11-14;/h4,6-7,10-11H,5,8-9,12-13H2,1-3H3;1H/q+1;/p-1. The number of aryl methyl sites for hydroxylation is 1. The van der Waals surface area contributed by atoms with Gasteiger partial charge < -0.3 is 28.5 Å². The highest BCUT2D eigenvalue weighted by Gasteiger charge is 2.04. The molecular formula is C14H24IN. The van der Waals surface area contributed by atoms with E-state index in [4.69, 9.17) is 0 Å². The van der Waals surface area contributed by atoms with E-state index >= 15 is 0 Å². The Labute approximate surface area is 117 Å². The zero-order valence-electron chi connectivity index (χ0n) is 10.7. The number of hydrogen-bond acceptors (Lipinski definition) is 0. The van der Waals surface area contributed by atoms with Gasteiger partial charge in [-0.25, -0.2) is 0 Å². The molecular weight excluding hydrogens is 309 g/mol. The van der Waals surface area contributed by atoms with Crippen molar-refractivity contribution in [1.82, 2.24) is 0 Å². The number of hydrogen-bond donors (Lipinski definition) is 0. The average molecular weight is 333 g/mol. The van der Waals surface area contributed by atoms with Crippen LogP contribution in [0.3, 0.4) is 0 Å². The Kier molecular flexibility index (Phi) is 8.02. The fourth-order valence-electron chi connectivity index (χ4n) is 1.74. The summed E-state index contributed by atoms with van der Waals surface area (Å²) in [7, 11) is 6.78. The van der Waals surface area contributed by atoms with E-state index in [9.17, 15) is 0 Å². The van der Waals surface area contributed by atoms with Gasteiger partial charge in [0.15, 0.2) is 0 Å². The molecule has 92 valence electrons. The van der Waals surface area contributed by atoms with Crippen LogP contribution in [0.4, 0.5) is 0 Å². The van der Waals surface area contributed by atoms with Gasteiger partial charge in [-0.05, 0) is 31.2 Å². The van der Waals surface area contributed by atoms with Crippen molar-refractivity contribution in [3.63, 3.8) is 0 Å². The zero-order valence-corrected chi connectivity index (χ0v) is 12.9. The zero-order chi connectivity index (χ0) is 11.1. The van der Waals surface area contributed by atoms with E-state index in [1.54, 1.807) is 0 Å². The molecule has 0 aromatic heterocycles.